The van der Waals surface area contributed by atoms with E-state index in [4.69, 9.17) is 4.42 Å². The Labute approximate surface area is 123 Å². The van der Waals surface area contributed by atoms with Gasteiger partial charge in [-0.2, -0.15) is 4.57 Å². The molecule has 0 fully saturated rings. The molecule has 3 heteroatoms. The van der Waals surface area contributed by atoms with Crippen molar-refractivity contribution in [1.29, 1.82) is 0 Å². The molecule has 21 heavy (non-hydrogen) atoms. The summed E-state index contributed by atoms with van der Waals surface area (Å²) in [6.45, 7) is 4.35. The Balaban J connectivity index is 1.99. The fraction of sp³-hybridized carbons (Fsp3) is 0.167. The predicted octanol–water partition coefficient (Wildman–Crippen LogP) is 4.25. The third-order valence-electron chi connectivity index (χ3n) is 3.92. The second-order valence-corrected chi connectivity index (χ2v) is 5.61. The normalized spacial score (nSPS) is 11.8. The lowest BCUT2D eigenvalue weighted by Gasteiger charge is -1.99. The molecule has 0 spiro atoms. The number of aromatic nitrogens is 2. The van der Waals surface area contributed by atoms with Crippen LogP contribution in [0.4, 0.5) is 0 Å². The minimum atomic E-state index is 0.445. The monoisotopic (exact) mass is 277 g/mol. The average Bonchev–Trinajstić information content (AvgIpc) is 3.11. The minimum absolute atomic E-state index is 0.445. The van der Waals surface area contributed by atoms with Gasteiger partial charge in [0.25, 0.3) is 0 Å². The van der Waals surface area contributed by atoms with Crippen molar-refractivity contribution in [3.05, 3.63) is 61.2 Å². The number of para-hydroxylation sites is 2. The van der Waals surface area contributed by atoms with Gasteiger partial charge in [-0.3, -0.25) is 0 Å². The van der Waals surface area contributed by atoms with Crippen molar-refractivity contribution in [2.75, 3.05) is 0 Å². The molecule has 0 amide bonds. The van der Waals surface area contributed by atoms with Crippen molar-refractivity contribution < 1.29 is 8.98 Å². The SMILES string of the molecule is CC(C)[n+]1ccn(-c2cccc3c2oc2ccccc23)c1. The van der Waals surface area contributed by atoms with Crippen LogP contribution in [0.1, 0.15) is 19.9 Å². The molecule has 4 aromatic rings. The third-order valence-corrected chi connectivity index (χ3v) is 3.92. The van der Waals surface area contributed by atoms with E-state index < -0.39 is 0 Å². The van der Waals surface area contributed by atoms with E-state index in [9.17, 15) is 0 Å². The Morgan fingerprint density at radius 1 is 1.00 bits per heavy atom. The summed E-state index contributed by atoms with van der Waals surface area (Å²) >= 11 is 0. The number of hydrogen-bond donors (Lipinski definition) is 0. The van der Waals surface area contributed by atoms with Crippen molar-refractivity contribution in [2.24, 2.45) is 0 Å². The van der Waals surface area contributed by atoms with Gasteiger partial charge in [-0.1, -0.05) is 30.3 Å². The Hall–Kier alpha value is -2.55. The molecule has 0 aliphatic rings. The maximum Gasteiger partial charge on any atom is 0.249 e. The van der Waals surface area contributed by atoms with E-state index in [0.29, 0.717) is 6.04 Å². The van der Waals surface area contributed by atoms with Gasteiger partial charge in [0, 0.05) is 10.8 Å². The first kappa shape index (κ1) is 12.2. The summed E-state index contributed by atoms with van der Waals surface area (Å²) in [5, 5.41) is 2.33. The highest BCUT2D eigenvalue weighted by molar-refractivity contribution is 6.07. The van der Waals surface area contributed by atoms with Gasteiger partial charge in [0.2, 0.25) is 6.33 Å². The van der Waals surface area contributed by atoms with Crippen LogP contribution >= 0.6 is 0 Å². The van der Waals surface area contributed by atoms with Crippen LogP contribution in [-0.2, 0) is 0 Å². The van der Waals surface area contributed by atoms with Crippen molar-refractivity contribution in [3.63, 3.8) is 0 Å². The maximum absolute atomic E-state index is 6.08. The number of imidazole rings is 1. The van der Waals surface area contributed by atoms with Crippen molar-refractivity contribution in [3.8, 4) is 5.69 Å². The largest absolute Gasteiger partial charge is 0.452 e. The topological polar surface area (TPSA) is 21.9 Å². The summed E-state index contributed by atoms with van der Waals surface area (Å²) in [6.07, 6.45) is 6.26. The van der Waals surface area contributed by atoms with Gasteiger partial charge in [-0.15, -0.1) is 0 Å². The summed E-state index contributed by atoms with van der Waals surface area (Å²) in [6, 6.07) is 14.9. The second-order valence-electron chi connectivity index (χ2n) is 5.61. The quantitative estimate of drug-likeness (QED) is 0.502. The lowest BCUT2D eigenvalue weighted by Crippen LogP contribution is -2.33. The molecule has 0 radical (unpaired) electrons. The smallest absolute Gasteiger partial charge is 0.249 e. The first-order valence-corrected chi connectivity index (χ1v) is 7.23. The lowest BCUT2D eigenvalue weighted by molar-refractivity contribution is -0.715. The van der Waals surface area contributed by atoms with Crippen LogP contribution in [0, 0.1) is 0 Å². The van der Waals surface area contributed by atoms with Crippen LogP contribution < -0.4 is 4.57 Å². The molecule has 0 aliphatic heterocycles. The van der Waals surface area contributed by atoms with Crippen LogP contribution in [-0.4, -0.2) is 4.57 Å². The summed E-state index contributed by atoms with van der Waals surface area (Å²) in [7, 11) is 0. The van der Waals surface area contributed by atoms with Crippen LogP contribution in [0.3, 0.4) is 0 Å². The van der Waals surface area contributed by atoms with Gasteiger partial charge in [-0.25, -0.2) is 4.57 Å². The number of nitrogens with zero attached hydrogens (tertiary/aromatic N) is 2. The average molecular weight is 277 g/mol. The highest BCUT2D eigenvalue weighted by Gasteiger charge is 2.16. The van der Waals surface area contributed by atoms with E-state index in [1.54, 1.807) is 0 Å². The Morgan fingerprint density at radius 3 is 2.62 bits per heavy atom. The molecule has 0 saturated heterocycles. The Morgan fingerprint density at radius 2 is 1.81 bits per heavy atom. The highest BCUT2D eigenvalue weighted by Crippen LogP contribution is 2.32. The molecular weight excluding hydrogens is 260 g/mol. The van der Waals surface area contributed by atoms with E-state index in [1.807, 2.05) is 18.2 Å². The number of fused-ring (bicyclic) bond motifs is 3. The molecule has 3 nitrogen and oxygen atoms in total. The molecule has 4 rings (SSSR count). The predicted molar refractivity (Wildman–Crippen MR) is 83.6 cm³/mol. The highest BCUT2D eigenvalue weighted by atomic mass is 16.3. The van der Waals surface area contributed by atoms with E-state index in [2.05, 4.69) is 66.0 Å². The lowest BCUT2D eigenvalue weighted by atomic mass is 10.1. The van der Waals surface area contributed by atoms with E-state index in [1.165, 1.54) is 5.39 Å². The number of furan rings is 1. The van der Waals surface area contributed by atoms with Crippen LogP contribution in [0.15, 0.2) is 65.6 Å². The van der Waals surface area contributed by atoms with Crippen molar-refractivity contribution in [2.45, 2.75) is 19.9 Å². The standard InChI is InChI=1S/C18H17N2O/c1-13(2)19-10-11-20(12-19)16-8-5-7-15-14-6-3-4-9-17(14)21-18(15)16/h3-13H,1-2H3/q+1. The molecule has 2 heterocycles. The first-order chi connectivity index (χ1) is 10.2. The Kier molecular flexibility index (Phi) is 2.61. The Bertz CT molecular complexity index is 931. The van der Waals surface area contributed by atoms with Gasteiger partial charge in [0.1, 0.15) is 18.0 Å². The van der Waals surface area contributed by atoms with E-state index in [0.717, 1.165) is 22.2 Å². The summed E-state index contributed by atoms with van der Waals surface area (Å²) in [4.78, 5) is 0. The minimum Gasteiger partial charge on any atom is -0.452 e. The number of rotatable bonds is 2. The second kappa shape index (κ2) is 4.48. The zero-order chi connectivity index (χ0) is 14.4. The molecule has 104 valence electrons. The van der Waals surface area contributed by atoms with E-state index in [-0.39, 0.29) is 0 Å². The zero-order valence-corrected chi connectivity index (χ0v) is 12.2. The number of hydrogen-bond acceptors (Lipinski definition) is 1. The van der Waals surface area contributed by atoms with Gasteiger partial charge in [0.15, 0.2) is 11.3 Å². The van der Waals surface area contributed by atoms with Gasteiger partial charge in [-0.05, 0) is 26.0 Å². The third kappa shape index (κ3) is 1.85. The fourth-order valence-corrected chi connectivity index (χ4v) is 2.75. The first-order valence-electron chi connectivity index (χ1n) is 7.23. The zero-order valence-electron chi connectivity index (χ0n) is 12.2. The van der Waals surface area contributed by atoms with Crippen LogP contribution in [0.2, 0.25) is 0 Å². The number of benzene rings is 2. The molecule has 0 aliphatic carbocycles. The van der Waals surface area contributed by atoms with Crippen molar-refractivity contribution in [1.82, 2.24) is 4.57 Å². The maximum atomic E-state index is 6.08. The molecule has 2 aromatic heterocycles. The van der Waals surface area contributed by atoms with Crippen LogP contribution in [0.25, 0.3) is 27.6 Å². The van der Waals surface area contributed by atoms with Gasteiger partial charge >= 0.3 is 0 Å². The summed E-state index contributed by atoms with van der Waals surface area (Å²) in [5.41, 5.74) is 2.94. The molecule has 0 unspecified atom stereocenters. The fourth-order valence-electron chi connectivity index (χ4n) is 2.75. The molecule has 0 N–H and O–H groups in total. The van der Waals surface area contributed by atoms with Crippen molar-refractivity contribution >= 4 is 21.9 Å². The molecule has 0 atom stereocenters. The summed E-state index contributed by atoms with van der Waals surface area (Å²) < 4.78 is 10.4. The molecule has 0 saturated carbocycles. The molecule has 2 aromatic carbocycles. The molecular formula is C18H17N2O+. The van der Waals surface area contributed by atoms with E-state index >= 15 is 0 Å². The summed E-state index contributed by atoms with van der Waals surface area (Å²) in [5.74, 6) is 0. The van der Waals surface area contributed by atoms with Gasteiger partial charge in [0.05, 0.1) is 6.04 Å². The van der Waals surface area contributed by atoms with Gasteiger partial charge < -0.3 is 4.42 Å². The molecule has 0 bridgehead atoms. The van der Waals surface area contributed by atoms with Crippen LogP contribution in [0.5, 0.6) is 0 Å².